The Morgan fingerprint density at radius 1 is 1.09 bits per heavy atom. The van der Waals surface area contributed by atoms with Crippen molar-refractivity contribution < 1.29 is 27.6 Å². The summed E-state index contributed by atoms with van der Waals surface area (Å²) in [5.74, 6) is -2.65. The van der Waals surface area contributed by atoms with Gasteiger partial charge in [-0.3, -0.25) is 19.8 Å². The Kier molecular flexibility index (Phi) is 3.08. The Bertz CT molecular complexity index is 686. The topological polar surface area (TPSA) is 66.5 Å². The maximum atomic E-state index is 12.5. The minimum absolute atomic E-state index is 0.0709. The molecule has 1 heterocycles. The van der Waals surface area contributed by atoms with E-state index in [0.29, 0.717) is 5.01 Å². The Hall–Kier alpha value is -2.38. The molecule has 122 valence electrons. The largest absolute Gasteiger partial charge is 0.416 e. The van der Waals surface area contributed by atoms with E-state index in [9.17, 15) is 27.6 Å². The number of imide groups is 1. The highest BCUT2D eigenvalue weighted by Gasteiger charge is 2.73. The number of carbonyl (C=O) groups excluding carboxylic acids is 3. The Morgan fingerprint density at radius 2 is 1.57 bits per heavy atom. The van der Waals surface area contributed by atoms with Gasteiger partial charge in [0.25, 0.3) is 17.7 Å². The summed E-state index contributed by atoms with van der Waals surface area (Å²) in [6, 6.07) is 3.52. The number of hydrogen-bond acceptors (Lipinski definition) is 3. The molecule has 1 aliphatic carbocycles. The molecule has 8 heteroatoms. The van der Waals surface area contributed by atoms with Gasteiger partial charge in [-0.1, -0.05) is 13.8 Å². The van der Waals surface area contributed by atoms with Crippen LogP contribution in [0, 0.1) is 17.3 Å². The smallest absolute Gasteiger partial charge is 0.272 e. The van der Waals surface area contributed by atoms with Crippen LogP contribution >= 0.6 is 0 Å². The zero-order valence-electron chi connectivity index (χ0n) is 12.3. The summed E-state index contributed by atoms with van der Waals surface area (Å²) in [5.41, 5.74) is 0.812. The minimum atomic E-state index is -4.50. The van der Waals surface area contributed by atoms with Crippen LogP contribution in [0.3, 0.4) is 0 Å². The van der Waals surface area contributed by atoms with E-state index in [1.54, 1.807) is 13.8 Å². The summed E-state index contributed by atoms with van der Waals surface area (Å²) in [5, 5.41) is 0.667. The monoisotopic (exact) mass is 326 g/mol. The number of benzene rings is 1. The summed E-state index contributed by atoms with van der Waals surface area (Å²) in [6.07, 6.45) is -4.50. The van der Waals surface area contributed by atoms with Crippen molar-refractivity contribution in [1.29, 1.82) is 0 Å². The quantitative estimate of drug-likeness (QED) is 0.845. The van der Waals surface area contributed by atoms with Gasteiger partial charge in [0.15, 0.2) is 0 Å². The fourth-order valence-corrected chi connectivity index (χ4v) is 3.03. The Labute approximate surface area is 129 Å². The third-order valence-corrected chi connectivity index (χ3v) is 4.49. The van der Waals surface area contributed by atoms with Gasteiger partial charge in [-0.2, -0.15) is 18.2 Å². The van der Waals surface area contributed by atoms with E-state index in [0.717, 1.165) is 24.3 Å². The van der Waals surface area contributed by atoms with E-state index >= 15 is 0 Å². The first-order valence-corrected chi connectivity index (χ1v) is 6.91. The highest BCUT2D eigenvalue weighted by Crippen LogP contribution is 2.62. The lowest BCUT2D eigenvalue weighted by atomic mass is 10.1. The van der Waals surface area contributed by atoms with Gasteiger partial charge in [-0.25, -0.2) is 0 Å². The fraction of sp³-hybridized carbons (Fsp3) is 0.400. The molecule has 2 fully saturated rings. The number of piperidine rings is 1. The van der Waals surface area contributed by atoms with Crippen LogP contribution < -0.4 is 5.43 Å². The third-order valence-electron chi connectivity index (χ3n) is 4.49. The van der Waals surface area contributed by atoms with E-state index in [-0.39, 0.29) is 5.56 Å². The van der Waals surface area contributed by atoms with Gasteiger partial charge in [0.2, 0.25) is 0 Å². The van der Waals surface area contributed by atoms with E-state index in [4.69, 9.17) is 0 Å². The average molecular weight is 326 g/mol. The van der Waals surface area contributed by atoms with Crippen LogP contribution in [-0.4, -0.2) is 22.7 Å². The van der Waals surface area contributed by atoms with Crippen molar-refractivity contribution in [3.8, 4) is 0 Å². The molecule has 1 saturated carbocycles. The number of nitrogens with one attached hydrogen (secondary N) is 1. The number of nitrogens with zero attached hydrogens (tertiary/aromatic N) is 1. The van der Waals surface area contributed by atoms with Crippen molar-refractivity contribution in [2.45, 2.75) is 20.0 Å². The van der Waals surface area contributed by atoms with Crippen LogP contribution in [0.5, 0.6) is 0 Å². The van der Waals surface area contributed by atoms with Crippen molar-refractivity contribution in [2.24, 2.45) is 17.3 Å². The number of fused-ring (bicyclic) bond motifs is 1. The molecule has 23 heavy (non-hydrogen) atoms. The summed E-state index contributed by atoms with van der Waals surface area (Å²) >= 11 is 0. The summed E-state index contributed by atoms with van der Waals surface area (Å²) in [4.78, 5) is 36.1. The second-order valence-corrected chi connectivity index (χ2v) is 6.30. The van der Waals surface area contributed by atoms with Crippen LogP contribution in [0.2, 0.25) is 0 Å². The predicted molar refractivity (Wildman–Crippen MR) is 71.5 cm³/mol. The lowest BCUT2D eigenvalue weighted by Crippen LogP contribution is -2.49. The highest BCUT2D eigenvalue weighted by molar-refractivity contribution is 6.12. The van der Waals surface area contributed by atoms with Crippen LogP contribution in [0.25, 0.3) is 0 Å². The van der Waals surface area contributed by atoms with Gasteiger partial charge in [-0.05, 0) is 29.7 Å². The molecule has 0 aromatic heterocycles. The highest BCUT2D eigenvalue weighted by atomic mass is 19.4. The van der Waals surface area contributed by atoms with Crippen molar-refractivity contribution in [2.75, 3.05) is 0 Å². The third kappa shape index (κ3) is 2.29. The zero-order valence-corrected chi connectivity index (χ0v) is 12.3. The molecule has 1 aromatic rings. The number of carbonyl (C=O) groups is 3. The predicted octanol–water partition coefficient (Wildman–Crippen LogP) is 1.99. The van der Waals surface area contributed by atoms with Crippen LogP contribution in [0.1, 0.15) is 29.8 Å². The maximum Gasteiger partial charge on any atom is 0.416 e. The standard InChI is InChI=1S/C15H13F3N2O3/c1-14(2)9-10(14)13(23)20(12(9)22)19-11(21)7-3-5-8(6-4-7)15(16,17)18/h3-6,9-10H,1-2H3,(H,19,21). The van der Waals surface area contributed by atoms with Crippen molar-refractivity contribution in [3.63, 3.8) is 0 Å². The number of amides is 3. The van der Waals surface area contributed by atoms with Crippen molar-refractivity contribution in [3.05, 3.63) is 35.4 Å². The molecule has 1 saturated heterocycles. The van der Waals surface area contributed by atoms with Crippen LogP contribution in [0.15, 0.2) is 24.3 Å². The lowest BCUT2D eigenvalue weighted by Gasteiger charge is -2.21. The second-order valence-electron chi connectivity index (χ2n) is 6.30. The number of halogens is 3. The molecule has 0 radical (unpaired) electrons. The van der Waals surface area contributed by atoms with E-state index < -0.39 is 46.7 Å². The Morgan fingerprint density at radius 3 is 2.00 bits per heavy atom. The molecule has 0 bridgehead atoms. The molecule has 3 rings (SSSR count). The minimum Gasteiger partial charge on any atom is -0.272 e. The molecular formula is C15H13F3N2O3. The van der Waals surface area contributed by atoms with Gasteiger partial charge in [0.05, 0.1) is 17.4 Å². The van der Waals surface area contributed by atoms with Crippen LogP contribution in [0.4, 0.5) is 13.2 Å². The van der Waals surface area contributed by atoms with Crippen molar-refractivity contribution >= 4 is 17.7 Å². The summed E-state index contributed by atoms with van der Waals surface area (Å²) < 4.78 is 37.4. The number of hydrogen-bond donors (Lipinski definition) is 1. The summed E-state index contributed by atoms with van der Waals surface area (Å²) in [7, 11) is 0. The molecule has 1 N–H and O–H groups in total. The van der Waals surface area contributed by atoms with Gasteiger partial charge in [0.1, 0.15) is 0 Å². The SMILES string of the molecule is CC1(C)C2C(=O)N(NC(=O)c3ccc(C(F)(F)F)cc3)C(=O)C21. The molecule has 3 amide bonds. The number of hydrazine groups is 1. The number of alkyl halides is 3. The molecule has 2 aliphatic rings. The molecule has 5 nitrogen and oxygen atoms in total. The number of rotatable bonds is 2. The van der Waals surface area contributed by atoms with Crippen LogP contribution in [-0.2, 0) is 15.8 Å². The first kappa shape index (κ1) is 15.5. The second kappa shape index (κ2) is 4.56. The lowest BCUT2D eigenvalue weighted by molar-refractivity contribution is -0.146. The normalized spacial score (nSPS) is 25.3. The van der Waals surface area contributed by atoms with Gasteiger partial charge < -0.3 is 0 Å². The van der Waals surface area contributed by atoms with Gasteiger partial charge in [-0.15, -0.1) is 0 Å². The van der Waals surface area contributed by atoms with Crippen molar-refractivity contribution in [1.82, 2.24) is 10.4 Å². The molecule has 0 spiro atoms. The zero-order chi connectivity index (χ0) is 17.2. The van der Waals surface area contributed by atoms with Gasteiger partial charge >= 0.3 is 6.18 Å². The van der Waals surface area contributed by atoms with Gasteiger partial charge in [0, 0.05) is 5.56 Å². The van der Waals surface area contributed by atoms with E-state index in [1.165, 1.54) is 0 Å². The summed E-state index contributed by atoms with van der Waals surface area (Å²) in [6.45, 7) is 3.60. The first-order valence-electron chi connectivity index (χ1n) is 6.91. The maximum absolute atomic E-state index is 12.5. The Balaban J connectivity index is 1.71. The first-order chi connectivity index (χ1) is 10.5. The molecule has 2 atom stereocenters. The molecule has 1 aromatic carbocycles. The fourth-order valence-electron chi connectivity index (χ4n) is 3.03. The van der Waals surface area contributed by atoms with E-state index in [1.807, 2.05) is 0 Å². The molecule has 1 aliphatic heterocycles. The van der Waals surface area contributed by atoms with E-state index in [2.05, 4.69) is 5.43 Å². The average Bonchev–Trinajstić information content (AvgIpc) is 2.94. The molecular weight excluding hydrogens is 313 g/mol. The molecule has 2 unspecified atom stereocenters.